The van der Waals surface area contributed by atoms with Gasteiger partial charge in [-0.05, 0) is 55.9 Å². The smallest absolute Gasteiger partial charge is 0.331 e. The van der Waals surface area contributed by atoms with Gasteiger partial charge < -0.3 is 10.1 Å². The van der Waals surface area contributed by atoms with Crippen molar-refractivity contribution >= 4 is 23.4 Å². The van der Waals surface area contributed by atoms with Crippen molar-refractivity contribution in [1.29, 1.82) is 0 Å². The number of esters is 1. The molecule has 1 aliphatic rings. The number of ether oxygens (including phenoxy) is 1. The van der Waals surface area contributed by atoms with Crippen molar-refractivity contribution in [3.63, 3.8) is 0 Å². The molecular formula is C15H21NO2S. The van der Waals surface area contributed by atoms with Gasteiger partial charge in [-0.25, -0.2) is 4.79 Å². The SMILES string of the molecule is CCOC(=O)C1(Nc2cccc(C)c2)CCSCC1. The minimum Gasteiger partial charge on any atom is -0.464 e. The molecule has 0 radical (unpaired) electrons. The molecule has 3 nitrogen and oxygen atoms in total. The summed E-state index contributed by atoms with van der Waals surface area (Å²) in [5.41, 5.74) is 1.64. The van der Waals surface area contributed by atoms with Crippen LogP contribution in [-0.4, -0.2) is 29.6 Å². The molecule has 104 valence electrons. The van der Waals surface area contributed by atoms with E-state index >= 15 is 0 Å². The number of hydrogen-bond acceptors (Lipinski definition) is 4. The predicted octanol–water partition coefficient (Wildman–Crippen LogP) is 3.24. The first-order chi connectivity index (χ1) is 9.16. The van der Waals surface area contributed by atoms with Crippen LogP contribution in [0.5, 0.6) is 0 Å². The van der Waals surface area contributed by atoms with Crippen LogP contribution in [0.2, 0.25) is 0 Å². The van der Waals surface area contributed by atoms with Gasteiger partial charge in [0.2, 0.25) is 0 Å². The molecule has 0 bridgehead atoms. The minimum absolute atomic E-state index is 0.114. The maximum absolute atomic E-state index is 12.3. The molecule has 1 aromatic carbocycles. The first-order valence-electron chi connectivity index (χ1n) is 6.76. The standard InChI is InChI=1S/C15H21NO2S/c1-3-18-14(17)15(7-9-19-10-8-15)16-13-6-4-5-12(2)11-13/h4-6,11,16H,3,7-10H2,1-2H3. The summed E-state index contributed by atoms with van der Waals surface area (Å²) < 4.78 is 5.28. The number of aryl methyl sites for hydroxylation is 1. The van der Waals surface area contributed by atoms with Crippen molar-refractivity contribution in [2.45, 2.75) is 32.2 Å². The number of thioether (sulfide) groups is 1. The van der Waals surface area contributed by atoms with Gasteiger partial charge in [0.1, 0.15) is 5.54 Å². The molecular weight excluding hydrogens is 258 g/mol. The summed E-state index contributed by atoms with van der Waals surface area (Å²) in [4.78, 5) is 12.3. The van der Waals surface area contributed by atoms with Crippen LogP contribution in [-0.2, 0) is 9.53 Å². The summed E-state index contributed by atoms with van der Waals surface area (Å²) >= 11 is 1.90. The Balaban J connectivity index is 2.20. The van der Waals surface area contributed by atoms with Gasteiger partial charge in [-0.2, -0.15) is 11.8 Å². The lowest BCUT2D eigenvalue weighted by Crippen LogP contribution is -2.50. The Morgan fingerprint density at radius 3 is 2.79 bits per heavy atom. The summed E-state index contributed by atoms with van der Waals surface area (Å²) in [7, 11) is 0. The van der Waals surface area contributed by atoms with E-state index in [1.54, 1.807) is 0 Å². The molecule has 1 N–H and O–H groups in total. The average Bonchev–Trinajstić information content (AvgIpc) is 2.40. The van der Waals surface area contributed by atoms with E-state index < -0.39 is 5.54 Å². The van der Waals surface area contributed by atoms with Crippen molar-refractivity contribution in [3.05, 3.63) is 29.8 Å². The monoisotopic (exact) mass is 279 g/mol. The van der Waals surface area contributed by atoms with Crippen LogP contribution in [0, 0.1) is 6.92 Å². The Morgan fingerprint density at radius 2 is 2.16 bits per heavy atom. The summed E-state index contributed by atoms with van der Waals surface area (Å²) in [5.74, 6) is 1.88. The fourth-order valence-corrected chi connectivity index (χ4v) is 3.56. The van der Waals surface area contributed by atoms with Crippen molar-refractivity contribution < 1.29 is 9.53 Å². The summed E-state index contributed by atoms with van der Waals surface area (Å²) in [5, 5.41) is 3.43. The first kappa shape index (κ1) is 14.3. The number of benzene rings is 1. The molecule has 0 atom stereocenters. The molecule has 1 aromatic rings. The van der Waals surface area contributed by atoms with Crippen LogP contribution >= 0.6 is 11.8 Å². The van der Waals surface area contributed by atoms with E-state index in [2.05, 4.69) is 24.4 Å². The van der Waals surface area contributed by atoms with E-state index in [0.717, 1.165) is 30.0 Å². The number of rotatable bonds is 4. The third-order valence-electron chi connectivity index (χ3n) is 3.41. The molecule has 19 heavy (non-hydrogen) atoms. The number of carbonyl (C=O) groups is 1. The van der Waals surface area contributed by atoms with Gasteiger partial charge in [-0.1, -0.05) is 12.1 Å². The van der Waals surface area contributed by atoms with Crippen LogP contribution in [0.4, 0.5) is 5.69 Å². The molecule has 1 saturated heterocycles. The van der Waals surface area contributed by atoms with Gasteiger partial charge in [0, 0.05) is 5.69 Å². The van der Waals surface area contributed by atoms with Crippen molar-refractivity contribution in [1.82, 2.24) is 0 Å². The highest BCUT2D eigenvalue weighted by Crippen LogP contribution is 2.32. The predicted molar refractivity (Wildman–Crippen MR) is 80.7 cm³/mol. The quantitative estimate of drug-likeness (QED) is 0.859. The molecule has 0 amide bonds. The molecule has 0 spiro atoms. The van der Waals surface area contributed by atoms with Crippen molar-refractivity contribution in [2.75, 3.05) is 23.4 Å². The number of hydrogen-bond donors (Lipinski definition) is 1. The fraction of sp³-hybridized carbons (Fsp3) is 0.533. The highest BCUT2D eigenvalue weighted by Gasteiger charge is 2.41. The van der Waals surface area contributed by atoms with Gasteiger partial charge in [-0.3, -0.25) is 0 Å². The fourth-order valence-electron chi connectivity index (χ4n) is 2.37. The van der Waals surface area contributed by atoms with Gasteiger partial charge in [-0.15, -0.1) is 0 Å². The van der Waals surface area contributed by atoms with Gasteiger partial charge in [0.25, 0.3) is 0 Å². The number of anilines is 1. The Labute approximate surface area is 119 Å². The Morgan fingerprint density at radius 1 is 1.42 bits per heavy atom. The van der Waals surface area contributed by atoms with Crippen LogP contribution in [0.25, 0.3) is 0 Å². The zero-order valence-electron chi connectivity index (χ0n) is 11.6. The molecule has 1 aliphatic heterocycles. The van der Waals surface area contributed by atoms with E-state index in [1.165, 1.54) is 5.56 Å². The van der Waals surface area contributed by atoms with Gasteiger partial charge in [0.15, 0.2) is 0 Å². The normalized spacial score (nSPS) is 17.8. The second-order valence-electron chi connectivity index (χ2n) is 4.91. The Kier molecular flexibility index (Phi) is 4.75. The molecule has 0 saturated carbocycles. The Hall–Kier alpha value is -1.16. The third kappa shape index (κ3) is 3.44. The van der Waals surface area contributed by atoms with Crippen LogP contribution in [0.1, 0.15) is 25.3 Å². The number of carbonyl (C=O) groups excluding carboxylic acids is 1. The molecule has 0 unspecified atom stereocenters. The zero-order chi connectivity index (χ0) is 13.7. The van der Waals surface area contributed by atoms with E-state index in [0.29, 0.717) is 6.61 Å². The highest BCUT2D eigenvalue weighted by atomic mass is 32.2. The van der Waals surface area contributed by atoms with Crippen molar-refractivity contribution in [3.8, 4) is 0 Å². The minimum atomic E-state index is -0.547. The second kappa shape index (κ2) is 6.33. The summed E-state index contributed by atoms with van der Waals surface area (Å²) in [6.45, 7) is 4.35. The lowest BCUT2D eigenvalue weighted by Gasteiger charge is -2.36. The topological polar surface area (TPSA) is 38.3 Å². The lowest BCUT2D eigenvalue weighted by atomic mass is 9.91. The van der Waals surface area contributed by atoms with Crippen LogP contribution in [0.3, 0.4) is 0 Å². The van der Waals surface area contributed by atoms with E-state index in [9.17, 15) is 4.79 Å². The maximum atomic E-state index is 12.3. The molecule has 4 heteroatoms. The van der Waals surface area contributed by atoms with E-state index in [4.69, 9.17) is 4.74 Å². The summed E-state index contributed by atoms with van der Waals surface area (Å²) in [6.07, 6.45) is 1.65. The first-order valence-corrected chi connectivity index (χ1v) is 7.91. The van der Waals surface area contributed by atoms with E-state index in [-0.39, 0.29) is 5.97 Å². The molecule has 0 aromatic heterocycles. The molecule has 0 aliphatic carbocycles. The molecule has 2 rings (SSSR count). The lowest BCUT2D eigenvalue weighted by molar-refractivity contribution is -0.148. The van der Waals surface area contributed by atoms with Gasteiger partial charge >= 0.3 is 5.97 Å². The van der Waals surface area contributed by atoms with Crippen LogP contribution in [0.15, 0.2) is 24.3 Å². The van der Waals surface area contributed by atoms with Crippen LogP contribution < -0.4 is 5.32 Å². The maximum Gasteiger partial charge on any atom is 0.331 e. The van der Waals surface area contributed by atoms with E-state index in [1.807, 2.05) is 30.8 Å². The number of nitrogens with one attached hydrogen (secondary N) is 1. The molecule has 1 fully saturated rings. The zero-order valence-corrected chi connectivity index (χ0v) is 12.4. The molecule has 1 heterocycles. The highest BCUT2D eigenvalue weighted by molar-refractivity contribution is 7.99. The third-order valence-corrected chi connectivity index (χ3v) is 4.40. The second-order valence-corrected chi connectivity index (χ2v) is 6.13. The average molecular weight is 279 g/mol. The van der Waals surface area contributed by atoms with Crippen molar-refractivity contribution in [2.24, 2.45) is 0 Å². The van der Waals surface area contributed by atoms with Gasteiger partial charge in [0.05, 0.1) is 6.61 Å². The summed E-state index contributed by atoms with van der Waals surface area (Å²) in [6, 6.07) is 8.14. The Bertz CT molecular complexity index is 442. The largest absolute Gasteiger partial charge is 0.464 e.